The fourth-order valence-electron chi connectivity index (χ4n) is 0.739. The van der Waals surface area contributed by atoms with Gasteiger partial charge in [0.05, 0.1) is 0 Å². The van der Waals surface area contributed by atoms with Crippen LogP contribution in [0.1, 0.15) is 11.7 Å². The summed E-state index contributed by atoms with van der Waals surface area (Å²) in [5.41, 5.74) is 0.0625. The third kappa shape index (κ3) is 1.74. The molecular weight excluding hydrogens is 148 g/mol. The maximum absolute atomic E-state index is 12.5. The van der Waals surface area contributed by atoms with Crippen LogP contribution in [0, 0.1) is 17.1 Å². The molecule has 0 fully saturated rings. The number of hydrogen-bond donors (Lipinski definition) is 0. The molecule has 0 aliphatic rings. The lowest BCUT2D eigenvalue weighted by Gasteiger charge is -1.97. The Morgan fingerprint density at radius 1 is 1.45 bits per heavy atom. The monoisotopic (exact) mass is 153 g/mol. The first kappa shape index (κ1) is 7.67. The Kier molecular flexibility index (Phi) is 2.17. The summed E-state index contributed by atoms with van der Waals surface area (Å²) in [4.78, 5) is 0. The lowest BCUT2D eigenvalue weighted by Crippen LogP contribution is -1.87. The minimum Gasteiger partial charge on any atom is -0.226 e. The van der Waals surface area contributed by atoms with Gasteiger partial charge in [-0.3, -0.25) is 0 Å². The second-order valence-corrected chi connectivity index (χ2v) is 2.05. The molecule has 0 aliphatic heterocycles. The average Bonchev–Trinajstić information content (AvgIpc) is 2.03. The highest BCUT2D eigenvalue weighted by Crippen LogP contribution is 2.16. The van der Waals surface area contributed by atoms with Crippen LogP contribution in [0.2, 0.25) is 0 Å². The van der Waals surface area contributed by atoms with Gasteiger partial charge in [0.1, 0.15) is 11.9 Å². The summed E-state index contributed by atoms with van der Waals surface area (Å²) in [6, 6.07) is 6.33. The minimum absolute atomic E-state index is 0.0625. The number of halogens is 2. The number of alkyl halides is 1. The molecule has 1 atom stereocenters. The van der Waals surface area contributed by atoms with Crippen molar-refractivity contribution in [2.24, 2.45) is 0 Å². The molecule has 0 saturated heterocycles. The first-order chi connectivity index (χ1) is 5.24. The Morgan fingerprint density at radius 3 is 2.73 bits per heavy atom. The van der Waals surface area contributed by atoms with E-state index in [9.17, 15) is 8.78 Å². The van der Waals surface area contributed by atoms with Crippen LogP contribution >= 0.6 is 0 Å². The van der Waals surface area contributed by atoms with Gasteiger partial charge in [-0.1, -0.05) is 12.1 Å². The van der Waals surface area contributed by atoms with Gasteiger partial charge < -0.3 is 0 Å². The quantitative estimate of drug-likeness (QED) is 0.607. The second-order valence-electron chi connectivity index (χ2n) is 2.05. The Balaban J connectivity index is 2.98. The largest absolute Gasteiger partial charge is 0.226 e. The standard InChI is InChI=1S/C8H5F2N/c9-7-3-1-2-6(4-7)8(10)5-11/h1-4,8H/t8-/m1/s1. The Morgan fingerprint density at radius 2 is 2.18 bits per heavy atom. The highest BCUT2D eigenvalue weighted by molar-refractivity contribution is 5.22. The summed E-state index contributed by atoms with van der Waals surface area (Å²) < 4.78 is 24.9. The van der Waals surface area contributed by atoms with Gasteiger partial charge in [-0.25, -0.2) is 8.78 Å². The summed E-state index contributed by atoms with van der Waals surface area (Å²) in [6.07, 6.45) is -1.73. The highest BCUT2D eigenvalue weighted by atomic mass is 19.1. The number of hydrogen-bond acceptors (Lipinski definition) is 1. The van der Waals surface area contributed by atoms with E-state index in [0.717, 1.165) is 6.07 Å². The summed E-state index contributed by atoms with van der Waals surface area (Å²) in [6.45, 7) is 0. The predicted octanol–water partition coefficient (Wildman–Crippen LogP) is 2.36. The van der Waals surface area contributed by atoms with Gasteiger partial charge in [-0.2, -0.15) is 5.26 Å². The average molecular weight is 153 g/mol. The van der Waals surface area contributed by atoms with Gasteiger partial charge in [-0.05, 0) is 12.1 Å². The summed E-state index contributed by atoms with van der Waals surface area (Å²) in [5, 5.41) is 8.13. The lowest BCUT2D eigenvalue weighted by atomic mass is 10.1. The highest BCUT2D eigenvalue weighted by Gasteiger charge is 2.07. The summed E-state index contributed by atoms with van der Waals surface area (Å²) in [5.74, 6) is -0.527. The molecule has 0 aromatic heterocycles. The van der Waals surface area contributed by atoms with Gasteiger partial charge in [-0.15, -0.1) is 0 Å². The molecule has 0 N–H and O–H groups in total. The molecule has 0 saturated carbocycles. The molecule has 0 amide bonds. The van der Waals surface area contributed by atoms with Crippen LogP contribution in [0.3, 0.4) is 0 Å². The van der Waals surface area contributed by atoms with E-state index in [-0.39, 0.29) is 5.56 Å². The third-order valence-electron chi connectivity index (χ3n) is 1.25. The van der Waals surface area contributed by atoms with Crippen LogP contribution in [0.4, 0.5) is 8.78 Å². The van der Waals surface area contributed by atoms with E-state index in [2.05, 4.69) is 0 Å². The fourth-order valence-corrected chi connectivity index (χ4v) is 0.739. The van der Waals surface area contributed by atoms with Crippen LogP contribution in [0.5, 0.6) is 0 Å². The minimum atomic E-state index is -1.73. The predicted molar refractivity (Wildman–Crippen MR) is 35.9 cm³/mol. The molecular formula is C8H5F2N. The van der Waals surface area contributed by atoms with Crippen molar-refractivity contribution in [1.29, 1.82) is 5.26 Å². The summed E-state index contributed by atoms with van der Waals surface area (Å²) >= 11 is 0. The van der Waals surface area contributed by atoms with Crippen LogP contribution in [0.15, 0.2) is 24.3 Å². The molecule has 1 aromatic carbocycles. The molecule has 0 spiro atoms. The van der Waals surface area contributed by atoms with Crippen LogP contribution in [-0.2, 0) is 0 Å². The molecule has 0 heterocycles. The number of nitrogens with zero attached hydrogens (tertiary/aromatic N) is 1. The van der Waals surface area contributed by atoms with Gasteiger partial charge in [0.15, 0.2) is 0 Å². The smallest absolute Gasteiger partial charge is 0.211 e. The maximum Gasteiger partial charge on any atom is 0.211 e. The summed E-state index contributed by atoms with van der Waals surface area (Å²) in [7, 11) is 0. The molecule has 1 aromatic rings. The van der Waals surface area contributed by atoms with Crippen molar-refractivity contribution >= 4 is 0 Å². The topological polar surface area (TPSA) is 23.8 Å². The number of benzene rings is 1. The Labute approximate surface area is 62.9 Å². The molecule has 3 heteroatoms. The van der Waals surface area contributed by atoms with E-state index in [1.807, 2.05) is 0 Å². The van der Waals surface area contributed by atoms with Crippen LogP contribution in [-0.4, -0.2) is 0 Å². The Hall–Kier alpha value is -1.43. The number of rotatable bonds is 1. The second kappa shape index (κ2) is 3.11. The van der Waals surface area contributed by atoms with Crippen molar-refractivity contribution in [1.82, 2.24) is 0 Å². The van der Waals surface area contributed by atoms with E-state index in [1.165, 1.54) is 24.3 Å². The van der Waals surface area contributed by atoms with Crippen molar-refractivity contribution in [3.63, 3.8) is 0 Å². The molecule has 1 rings (SSSR count). The fraction of sp³-hybridized carbons (Fsp3) is 0.125. The van der Waals surface area contributed by atoms with Crippen molar-refractivity contribution in [3.05, 3.63) is 35.6 Å². The molecule has 0 radical (unpaired) electrons. The van der Waals surface area contributed by atoms with Crippen molar-refractivity contribution < 1.29 is 8.78 Å². The van der Waals surface area contributed by atoms with Gasteiger partial charge in [0.25, 0.3) is 0 Å². The third-order valence-corrected chi connectivity index (χ3v) is 1.25. The van der Waals surface area contributed by atoms with Crippen LogP contribution < -0.4 is 0 Å². The van der Waals surface area contributed by atoms with E-state index >= 15 is 0 Å². The normalized spacial score (nSPS) is 12.1. The zero-order valence-corrected chi connectivity index (χ0v) is 5.59. The molecule has 0 unspecified atom stereocenters. The zero-order valence-electron chi connectivity index (χ0n) is 5.59. The maximum atomic E-state index is 12.5. The van der Waals surface area contributed by atoms with Crippen molar-refractivity contribution in [3.8, 4) is 6.07 Å². The van der Waals surface area contributed by atoms with Crippen molar-refractivity contribution in [2.75, 3.05) is 0 Å². The SMILES string of the molecule is N#C[C@@H](F)c1cccc(F)c1. The van der Waals surface area contributed by atoms with E-state index in [1.54, 1.807) is 0 Å². The molecule has 0 aliphatic carbocycles. The van der Waals surface area contributed by atoms with Gasteiger partial charge in [0, 0.05) is 5.56 Å². The molecule has 56 valence electrons. The van der Waals surface area contributed by atoms with Crippen molar-refractivity contribution in [2.45, 2.75) is 6.17 Å². The van der Waals surface area contributed by atoms with E-state index in [0.29, 0.717) is 0 Å². The molecule has 0 bridgehead atoms. The van der Waals surface area contributed by atoms with Gasteiger partial charge in [0.2, 0.25) is 6.17 Å². The number of nitriles is 1. The zero-order chi connectivity index (χ0) is 8.27. The first-order valence-corrected chi connectivity index (χ1v) is 3.03. The Bertz CT molecular complexity index is 290. The van der Waals surface area contributed by atoms with E-state index in [4.69, 9.17) is 5.26 Å². The molecule has 1 nitrogen and oxygen atoms in total. The molecule has 11 heavy (non-hydrogen) atoms. The van der Waals surface area contributed by atoms with E-state index < -0.39 is 12.0 Å². The first-order valence-electron chi connectivity index (χ1n) is 3.03. The lowest BCUT2D eigenvalue weighted by molar-refractivity contribution is 0.422. The van der Waals surface area contributed by atoms with Crippen LogP contribution in [0.25, 0.3) is 0 Å². The van der Waals surface area contributed by atoms with Gasteiger partial charge >= 0.3 is 0 Å².